The van der Waals surface area contributed by atoms with Gasteiger partial charge in [-0.2, -0.15) is 0 Å². The van der Waals surface area contributed by atoms with Crippen molar-refractivity contribution in [3.8, 4) is 0 Å². The minimum atomic E-state index is -0.528. The first kappa shape index (κ1) is 153. The summed E-state index contributed by atoms with van der Waals surface area (Å²) in [6, 6.07) is 0. The molecule has 0 aromatic carbocycles. The Labute approximate surface area is 797 Å². The lowest BCUT2D eigenvalue weighted by molar-refractivity contribution is -0.0534. The molecule has 19 N–H and O–H groups in total. The Hall–Kier alpha value is -1.28. The number of nitrogens with one attached hydrogen (secondary N) is 4. The van der Waals surface area contributed by atoms with E-state index in [9.17, 15) is 30.6 Å². The van der Waals surface area contributed by atoms with Crippen LogP contribution in [0.2, 0.25) is 0 Å². The Bertz CT molecular complexity index is 2060. The van der Waals surface area contributed by atoms with Crippen molar-refractivity contribution < 1.29 is 103 Å². The second-order valence-electron chi connectivity index (χ2n) is 44.7. The zero-order chi connectivity index (χ0) is 105. The summed E-state index contributed by atoms with van der Waals surface area (Å²) < 4.78 is 64.6. The Balaban J connectivity index is -0.000000116. The molecule has 0 aliphatic carbocycles. The van der Waals surface area contributed by atoms with Gasteiger partial charge in [-0.05, 0) is 366 Å². The minimum absolute atomic E-state index is 0.0202. The van der Waals surface area contributed by atoms with Crippen LogP contribution in [0.3, 0.4) is 0 Å². The van der Waals surface area contributed by atoms with Gasteiger partial charge in [0.2, 0.25) is 0 Å². The number of ether oxygens (including phenoxy) is 12. The van der Waals surface area contributed by atoms with E-state index >= 15 is 0 Å². The first-order valence-corrected chi connectivity index (χ1v) is 46.8. The van der Waals surface area contributed by atoms with Crippen LogP contribution in [0.4, 0.5) is 0 Å². The molecule has 0 saturated heterocycles. The van der Waals surface area contributed by atoms with Crippen molar-refractivity contribution in [1.29, 1.82) is 0 Å². The quantitative estimate of drug-likeness (QED) is 0.0252. The predicted octanol–water partition coefficient (Wildman–Crippen LogP) is 9.45. The van der Waals surface area contributed by atoms with E-state index in [0.29, 0.717) is 98.7 Å². The van der Waals surface area contributed by atoms with Gasteiger partial charge < -0.3 is 161 Å². The maximum Gasteiger partial charge on any atom is 0.0900 e. The molecule has 0 amide bonds. The molecule has 0 saturated carbocycles. The highest BCUT2D eigenvalue weighted by Gasteiger charge is 2.21. The van der Waals surface area contributed by atoms with E-state index in [2.05, 4.69) is 109 Å². The van der Waals surface area contributed by atoms with E-state index in [1.165, 1.54) is 12.8 Å². The molecule has 32 heteroatoms. The van der Waals surface area contributed by atoms with Crippen molar-refractivity contribution in [2.75, 3.05) is 236 Å². The summed E-state index contributed by atoms with van der Waals surface area (Å²) in [5, 5.41) is 94.5. The maximum atomic E-state index is 9.42. The van der Waals surface area contributed by atoms with Crippen LogP contribution in [-0.4, -0.2) is 424 Å². The van der Waals surface area contributed by atoms with Crippen LogP contribution < -0.4 is 38.5 Å². The SMILES string of the molecule is CC(C)(C)OCC(O)CN.CC(C)(C)OC[C@@H](O)CN.CC(C)(C)OC[C@H](O)CN.CCCCOC(C)(C)C.CN(C)CC(O)COC(C)(C)C.CN(C)CCCOC(C)(C)C.CN(C)C[C@@H](O)COC(C)(C)C.CN(C)C[C@H](O)COC(C)(C)C.CNCC(O)COC(C)(C)C.CNCCCOC(C)(C)C.CNC[C@@H](O)COC(C)(C)C.CNC[C@H](O)COC(C)(C)C. The van der Waals surface area contributed by atoms with Crippen LogP contribution in [0.5, 0.6) is 0 Å². The van der Waals surface area contributed by atoms with E-state index in [4.69, 9.17) is 89.4 Å². The van der Waals surface area contributed by atoms with Gasteiger partial charge >= 0.3 is 0 Å². The lowest BCUT2D eigenvalue weighted by Gasteiger charge is -2.23. The van der Waals surface area contributed by atoms with Crippen molar-refractivity contribution in [1.82, 2.24) is 40.9 Å². The molecule has 0 radical (unpaired) electrons. The fourth-order valence-electron chi connectivity index (χ4n) is 7.54. The molecule has 0 spiro atoms. The van der Waals surface area contributed by atoms with Gasteiger partial charge in [-0.3, -0.25) is 0 Å². The van der Waals surface area contributed by atoms with Crippen molar-refractivity contribution in [3.63, 3.8) is 0 Å². The first-order valence-electron chi connectivity index (χ1n) is 46.8. The van der Waals surface area contributed by atoms with E-state index in [-0.39, 0.29) is 105 Å². The molecule has 32 nitrogen and oxygen atoms in total. The molecular weight excluding hydrogens is 1660 g/mol. The summed E-state index contributed by atoms with van der Waals surface area (Å²) in [7, 11) is 23.1. The van der Waals surface area contributed by atoms with Gasteiger partial charge in [-0.25, -0.2) is 0 Å². The molecule has 129 heavy (non-hydrogen) atoms. The predicted molar refractivity (Wildman–Crippen MR) is 544 cm³/mol. The molecule has 0 aliphatic rings. The molecule has 0 aromatic heterocycles. The molecule has 798 valence electrons. The normalized spacial score (nSPS) is 14.5. The number of unbranched alkanes of at least 4 members (excludes halogenated alkanes) is 1. The van der Waals surface area contributed by atoms with Crippen molar-refractivity contribution in [3.05, 3.63) is 0 Å². The lowest BCUT2D eigenvalue weighted by atomic mass is 10.2. The number of aliphatic hydroxyl groups excluding tert-OH is 9. The van der Waals surface area contributed by atoms with Gasteiger partial charge in [0, 0.05) is 78.7 Å². The zero-order valence-corrected chi connectivity index (χ0v) is 93.7. The number of aliphatic hydroxyl groups is 9. The largest absolute Gasteiger partial charge is 0.389 e. The maximum absolute atomic E-state index is 9.42. The van der Waals surface area contributed by atoms with Crippen LogP contribution in [0.15, 0.2) is 0 Å². The fraction of sp³-hybridized carbons (Fsp3) is 1.00. The smallest absolute Gasteiger partial charge is 0.0900 e. The van der Waals surface area contributed by atoms with E-state index < -0.39 is 36.6 Å². The van der Waals surface area contributed by atoms with Crippen LogP contribution in [0.1, 0.15) is 282 Å². The highest BCUT2D eigenvalue weighted by atomic mass is 16.5. The second-order valence-corrected chi connectivity index (χ2v) is 44.7. The van der Waals surface area contributed by atoms with Crippen LogP contribution in [0.25, 0.3) is 0 Å². The molecule has 0 aliphatic heterocycles. The van der Waals surface area contributed by atoms with Gasteiger partial charge in [-0.1, -0.05) is 13.3 Å². The number of likely N-dealkylation sites (N-methyl/N-ethyl adjacent to an activating group) is 6. The molecular formula is C97H229N11O21. The van der Waals surface area contributed by atoms with Crippen LogP contribution in [0, 0.1) is 0 Å². The van der Waals surface area contributed by atoms with Crippen LogP contribution >= 0.6 is 0 Å². The van der Waals surface area contributed by atoms with Gasteiger partial charge in [0.25, 0.3) is 0 Å². The van der Waals surface area contributed by atoms with Crippen LogP contribution in [-0.2, 0) is 56.8 Å². The topological polar surface area (TPSA) is 432 Å². The Morgan fingerprint density at radius 1 is 0.225 bits per heavy atom. The Morgan fingerprint density at radius 3 is 0.527 bits per heavy atom. The highest BCUT2D eigenvalue weighted by Crippen LogP contribution is 2.15. The zero-order valence-electron chi connectivity index (χ0n) is 93.7. The average molecular weight is 1890 g/mol. The summed E-state index contributed by atoms with van der Waals surface area (Å²) >= 11 is 0. The molecule has 0 rings (SSSR count). The van der Waals surface area contributed by atoms with Crippen molar-refractivity contribution >= 4 is 0 Å². The third kappa shape index (κ3) is 194. The standard InChI is InChI=1S/3C9H21NO2.C9H21NO.3C8H19NO2.C8H19NO.C8H18O.3C7H17NO2/c3*1-9(2,3)12-7-8(11)6-10(4)5;1-9(2,3)11-8-6-7-10(4)5;3*1-8(2,3)11-6-7(10)5-9-4;1-8(2,3)10-7-5-6-9-4;1-5-6-7-9-8(2,3)4;3*1-7(2,3)10-5-6(9)4-8/h3*8,11H,6-7H2,1-5H3;6-8H2,1-5H3;3*7,9-10H,5-6H2,1-4H3;9H,5-7H2,1-4H3;5-7H2,1-4H3;3*6,9H,4-5,8H2,1-3H3/t2*8-;;;2*7-;;;;2*6-;/m10..10...10./s1. The third-order valence-corrected chi connectivity index (χ3v) is 13.7. The number of nitrogens with two attached hydrogens (primary N) is 3. The summed E-state index contributed by atoms with van der Waals surface area (Å²) in [6.45, 7) is 86.5. The van der Waals surface area contributed by atoms with E-state index in [1.807, 2.05) is 251 Å². The lowest BCUT2D eigenvalue weighted by Crippen LogP contribution is -2.33. The van der Waals surface area contributed by atoms with E-state index in [1.54, 1.807) is 21.1 Å². The average Bonchev–Trinajstić information content (AvgIpc) is 0.933. The third-order valence-electron chi connectivity index (χ3n) is 13.7. The highest BCUT2D eigenvalue weighted by molar-refractivity contribution is 4.71. The van der Waals surface area contributed by atoms with E-state index in [0.717, 1.165) is 45.8 Å². The molecule has 0 bridgehead atoms. The number of hydrogen-bond donors (Lipinski definition) is 16. The van der Waals surface area contributed by atoms with Gasteiger partial charge in [-0.15, -0.1) is 0 Å². The number of hydrogen-bond acceptors (Lipinski definition) is 32. The van der Waals surface area contributed by atoms with Gasteiger partial charge in [0.05, 0.1) is 182 Å². The number of nitrogens with zero attached hydrogens (tertiary/aromatic N) is 4. The monoisotopic (exact) mass is 1880 g/mol. The molecule has 0 aromatic rings. The molecule has 0 heterocycles. The summed E-state index contributed by atoms with van der Waals surface area (Å²) in [5.41, 5.74) is 14.1. The second kappa shape index (κ2) is 85.9. The van der Waals surface area contributed by atoms with Gasteiger partial charge in [0.15, 0.2) is 0 Å². The minimum Gasteiger partial charge on any atom is -0.389 e. The fourth-order valence-corrected chi connectivity index (χ4v) is 7.54. The summed E-state index contributed by atoms with van der Waals surface area (Å²) in [5.74, 6) is 0. The number of rotatable bonds is 44. The molecule has 3 unspecified atom stereocenters. The molecule has 9 atom stereocenters. The summed E-state index contributed by atoms with van der Waals surface area (Å²) in [6.07, 6.45) is 0.638. The molecule has 0 fully saturated rings. The van der Waals surface area contributed by atoms with Crippen molar-refractivity contribution in [2.45, 2.75) is 404 Å². The van der Waals surface area contributed by atoms with Gasteiger partial charge in [0.1, 0.15) is 0 Å². The first-order chi connectivity index (χ1) is 57.7. The summed E-state index contributed by atoms with van der Waals surface area (Å²) in [4.78, 5) is 8.00. The Morgan fingerprint density at radius 2 is 0.388 bits per heavy atom. The van der Waals surface area contributed by atoms with Crippen molar-refractivity contribution in [2.24, 2.45) is 17.2 Å². The Kier molecular flexibility index (Phi) is 102.